The summed E-state index contributed by atoms with van der Waals surface area (Å²) >= 11 is 0. The first-order valence-electron chi connectivity index (χ1n) is 9.61. The normalized spacial score (nSPS) is 23.5. The van der Waals surface area contributed by atoms with Crippen molar-refractivity contribution in [3.8, 4) is 0 Å². The van der Waals surface area contributed by atoms with Gasteiger partial charge in [-0.15, -0.1) is 0 Å². The molecule has 0 radical (unpaired) electrons. The van der Waals surface area contributed by atoms with Gasteiger partial charge < -0.3 is 9.47 Å². The van der Waals surface area contributed by atoms with Crippen molar-refractivity contribution < 1.29 is 21.6 Å². The fourth-order valence-corrected chi connectivity index (χ4v) is 8.82. The maximum Gasteiger partial charge on any atom is 0.255 e. The van der Waals surface area contributed by atoms with Gasteiger partial charge in [-0.05, 0) is 40.2 Å². The molecule has 1 aromatic rings. The van der Waals surface area contributed by atoms with Gasteiger partial charge in [0.05, 0.1) is 22.3 Å². The van der Waals surface area contributed by atoms with E-state index in [4.69, 9.17) is 0 Å². The lowest BCUT2D eigenvalue weighted by Crippen LogP contribution is -2.52. The van der Waals surface area contributed by atoms with E-state index in [0.29, 0.717) is 18.7 Å². The molecular formula is C18H29N3O5S2. The van der Waals surface area contributed by atoms with Gasteiger partial charge in [0.1, 0.15) is 0 Å². The number of sulfonamides is 1. The molecule has 1 atom stereocenters. The van der Waals surface area contributed by atoms with Gasteiger partial charge >= 0.3 is 0 Å². The van der Waals surface area contributed by atoms with Crippen LogP contribution in [0.4, 0.5) is 0 Å². The van der Waals surface area contributed by atoms with E-state index in [1.54, 1.807) is 4.90 Å². The average Bonchev–Trinajstić information content (AvgIpc) is 3.13. The SMILES string of the molecule is Cc1cc(C(=O)N2CCN(S(=O)(=O)C3CCS(=O)(=O)C3)CC2)c(C)n1C(C)C. The number of piperazine rings is 1. The van der Waals surface area contributed by atoms with Crippen LogP contribution in [0.5, 0.6) is 0 Å². The molecule has 1 amide bonds. The van der Waals surface area contributed by atoms with Crippen molar-refractivity contribution in [3.05, 3.63) is 23.0 Å². The summed E-state index contributed by atoms with van der Waals surface area (Å²) in [7, 11) is -6.92. The van der Waals surface area contributed by atoms with Gasteiger partial charge in [0, 0.05) is 43.6 Å². The monoisotopic (exact) mass is 431 g/mol. The minimum Gasteiger partial charge on any atom is -0.346 e. The van der Waals surface area contributed by atoms with E-state index >= 15 is 0 Å². The average molecular weight is 432 g/mol. The summed E-state index contributed by atoms with van der Waals surface area (Å²) in [5.41, 5.74) is 2.60. The molecule has 0 saturated carbocycles. The molecule has 3 rings (SSSR count). The van der Waals surface area contributed by atoms with Gasteiger partial charge in [0.15, 0.2) is 9.84 Å². The van der Waals surface area contributed by atoms with Crippen molar-refractivity contribution in [2.45, 2.75) is 45.4 Å². The second-order valence-electron chi connectivity index (χ2n) is 8.01. The van der Waals surface area contributed by atoms with Crippen LogP contribution in [0.3, 0.4) is 0 Å². The molecule has 2 saturated heterocycles. The van der Waals surface area contributed by atoms with Crippen LogP contribution in [0.15, 0.2) is 6.07 Å². The van der Waals surface area contributed by atoms with Crippen molar-refractivity contribution in [3.63, 3.8) is 0 Å². The number of rotatable bonds is 4. The molecule has 2 aliphatic heterocycles. The second-order valence-corrected chi connectivity index (χ2v) is 12.5. The van der Waals surface area contributed by atoms with Crippen LogP contribution in [0.2, 0.25) is 0 Å². The zero-order valence-electron chi connectivity index (χ0n) is 16.9. The third kappa shape index (κ3) is 3.86. The van der Waals surface area contributed by atoms with Crippen LogP contribution in [0.25, 0.3) is 0 Å². The second kappa shape index (κ2) is 7.46. The number of sulfone groups is 1. The number of amides is 1. The predicted molar refractivity (Wildman–Crippen MR) is 108 cm³/mol. The Morgan fingerprint density at radius 1 is 1.14 bits per heavy atom. The largest absolute Gasteiger partial charge is 0.346 e. The standard InChI is InChI=1S/C18H29N3O5S2/c1-13(2)21-14(3)11-17(15(21)4)18(22)19-6-8-20(9-7-19)28(25,26)16-5-10-27(23,24)12-16/h11,13,16H,5-10,12H2,1-4H3. The Balaban J connectivity index is 1.69. The molecule has 8 nitrogen and oxygen atoms in total. The number of carbonyl (C=O) groups is 1. The smallest absolute Gasteiger partial charge is 0.255 e. The Labute approximate surface area is 167 Å². The summed E-state index contributed by atoms with van der Waals surface area (Å²) in [6.45, 7) is 9.07. The third-order valence-electron chi connectivity index (χ3n) is 5.73. The first-order valence-corrected chi connectivity index (χ1v) is 12.9. The van der Waals surface area contributed by atoms with Crippen molar-refractivity contribution in [1.29, 1.82) is 0 Å². The Morgan fingerprint density at radius 3 is 2.21 bits per heavy atom. The van der Waals surface area contributed by atoms with Gasteiger partial charge in [0.25, 0.3) is 5.91 Å². The Hall–Kier alpha value is -1.39. The van der Waals surface area contributed by atoms with Crippen LogP contribution in [0, 0.1) is 13.8 Å². The molecule has 0 bridgehead atoms. The minimum absolute atomic E-state index is 0.0686. The molecule has 3 heterocycles. The molecule has 1 aromatic heterocycles. The zero-order valence-corrected chi connectivity index (χ0v) is 18.5. The summed E-state index contributed by atoms with van der Waals surface area (Å²) in [4.78, 5) is 14.7. The summed E-state index contributed by atoms with van der Waals surface area (Å²) in [5, 5.41) is -0.857. The summed E-state index contributed by atoms with van der Waals surface area (Å²) < 4.78 is 52.3. The van der Waals surface area contributed by atoms with Crippen LogP contribution in [0.1, 0.15) is 48.1 Å². The highest BCUT2D eigenvalue weighted by Gasteiger charge is 2.41. The van der Waals surface area contributed by atoms with Gasteiger partial charge in [0.2, 0.25) is 10.0 Å². The van der Waals surface area contributed by atoms with Crippen LogP contribution in [-0.4, -0.2) is 79.4 Å². The molecule has 0 aliphatic carbocycles. The lowest BCUT2D eigenvalue weighted by molar-refractivity contribution is 0.0696. The Morgan fingerprint density at radius 2 is 1.75 bits per heavy atom. The van der Waals surface area contributed by atoms with Crippen LogP contribution < -0.4 is 0 Å². The lowest BCUT2D eigenvalue weighted by Gasteiger charge is -2.35. The van der Waals surface area contributed by atoms with Gasteiger partial charge in [-0.3, -0.25) is 4.79 Å². The van der Waals surface area contributed by atoms with E-state index in [-0.39, 0.29) is 43.0 Å². The van der Waals surface area contributed by atoms with Gasteiger partial charge in [-0.1, -0.05) is 0 Å². The Bertz CT molecular complexity index is 971. The molecule has 158 valence electrons. The maximum absolute atomic E-state index is 13.0. The molecule has 0 aromatic carbocycles. The third-order valence-corrected chi connectivity index (χ3v) is 10.0. The minimum atomic E-state index is -3.66. The topological polar surface area (TPSA) is 96.8 Å². The van der Waals surface area contributed by atoms with E-state index in [1.807, 2.05) is 19.9 Å². The van der Waals surface area contributed by atoms with E-state index < -0.39 is 25.1 Å². The fourth-order valence-electron chi connectivity index (χ4n) is 4.31. The van der Waals surface area contributed by atoms with Crippen molar-refractivity contribution in [2.75, 3.05) is 37.7 Å². The van der Waals surface area contributed by atoms with E-state index in [1.165, 1.54) is 4.31 Å². The number of aromatic nitrogens is 1. The first-order chi connectivity index (χ1) is 12.9. The summed E-state index contributed by atoms with van der Waals surface area (Å²) in [5.74, 6) is -0.447. The van der Waals surface area contributed by atoms with Crippen LogP contribution >= 0.6 is 0 Å². The van der Waals surface area contributed by atoms with Gasteiger partial charge in [-0.25, -0.2) is 16.8 Å². The highest BCUT2D eigenvalue weighted by atomic mass is 32.2. The van der Waals surface area contributed by atoms with Crippen molar-refractivity contribution in [2.24, 2.45) is 0 Å². The molecule has 1 unspecified atom stereocenters. The first kappa shape index (κ1) is 21.3. The van der Waals surface area contributed by atoms with E-state index in [2.05, 4.69) is 18.4 Å². The molecule has 0 spiro atoms. The highest BCUT2D eigenvalue weighted by molar-refractivity contribution is 7.95. The quantitative estimate of drug-likeness (QED) is 0.707. The van der Waals surface area contributed by atoms with Gasteiger partial charge in [-0.2, -0.15) is 4.31 Å². The highest BCUT2D eigenvalue weighted by Crippen LogP contribution is 2.25. The predicted octanol–water partition coefficient (Wildman–Crippen LogP) is 0.961. The molecule has 28 heavy (non-hydrogen) atoms. The number of hydrogen-bond acceptors (Lipinski definition) is 5. The molecule has 10 heteroatoms. The van der Waals surface area contributed by atoms with Crippen molar-refractivity contribution >= 4 is 25.8 Å². The molecule has 2 fully saturated rings. The van der Waals surface area contributed by atoms with E-state index in [0.717, 1.165) is 11.4 Å². The zero-order chi connectivity index (χ0) is 20.9. The molecular weight excluding hydrogens is 402 g/mol. The molecule has 0 N–H and O–H groups in total. The van der Waals surface area contributed by atoms with Crippen molar-refractivity contribution in [1.82, 2.24) is 13.8 Å². The number of hydrogen-bond donors (Lipinski definition) is 0. The summed E-state index contributed by atoms with van der Waals surface area (Å²) in [6, 6.07) is 2.15. The summed E-state index contributed by atoms with van der Waals surface area (Å²) in [6.07, 6.45) is 0.158. The number of nitrogens with zero attached hydrogens (tertiary/aromatic N) is 3. The fraction of sp³-hybridized carbons (Fsp3) is 0.722. The lowest BCUT2D eigenvalue weighted by atomic mass is 10.2. The van der Waals surface area contributed by atoms with E-state index in [9.17, 15) is 21.6 Å². The maximum atomic E-state index is 13.0. The molecule has 2 aliphatic rings. The number of aryl methyl sites for hydroxylation is 1. The van der Waals surface area contributed by atoms with Crippen LogP contribution in [-0.2, 0) is 19.9 Å². The number of carbonyl (C=O) groups excluding carboxylic acids is 1. The Kier molecular flexibility index (Phi) is 5.68.